The van der Waals surface area contributed by atoms with Gasteiger partial charge in [0.2, 0.25) is 0 Å². The Kier molecular flexibility index (Phi) is 4.77. The minimum absolute atomic E-state index is 0.0262. The number of rotatable bonds is 6. The molecule has 21 heavy (non-hydrogen) atoms. The van der Waals surface area contributed by atoms with Gasteiger partial charge in [0.15, 0.2) is 0 Å². The molecular weight excluding hydrogens is 268 g/mol. The number of carbonyl (C=O) groups is 1. The van der Waals surface area contributed by atoms with Crippen LogP contribution in [0.15, 0.2) is 42.5 Å². The Labute approximate surface area is 124 Å². The van der Waals surface area contributed by atoms with Crippen LogP contribution in [0.2, 0.25) is 0 Å². The molecule has 5 nitrogen and oxygen atoms in total. The van der Waals surface area contributed by atoms with Gasteiger partial charge in [-0.15, -0.1) is 0 Å². The minimum atomic E-state index is -0.544. The standard InChI is InChI=1S/C16H20N2O3/c1-16(11-19,12-6-4-3-5-7-12)17-10-13-8-9-14(18-13)15(20)21-2/h3-9,17-19H,10-11H2,1-2H3. The number of aliphatic hydroxyl groups excluding tert-OH is 1. The van der Waals surface area contributed by atoms with Crippen molar-refractivity contribution in [1.82, 2.24) is 10.3 Å². The fraction of sp³-hybridized carbons (Fsp3) is 0.312. The zero-order chi connectivity index (χ0) is 15.3. The smallest absolute Gasteiger partial charge is 0.354 e. The van der Waals surface area contributed by atoms with Gasteiger partial charge in [-0.1, -0.05) is 30.3 Å². The lowest BCUT2D eigenvalue weighted by atomic mass is 9.93. The van der Waals surface area contributed by atoms with E-state index in [-0.39, 0.29) is 6.61 Å². The summed E-state index contributed by atoms with van der Waals surface area (Å²) in [5, 5.41) is 13.0. The summed E-state index contributed by atoms with van der Waals surface area (Å²) in [7, 11) is 1.35. The van der Waals surface area contributed by atoms with Crippen LogP contribution in [0.25, 0.3) is 0 Å². The largest absolute Gasteiger partial charge is 0.464 e. The number of aromatic amines is 1. The first kappa shape index (κ1) is 15.3. The van der Waals surface area contributed by atoms with Gasteiger partial charge in [0.25, 0.3) is 0 Å². The van der Waals surface area contributed by atoms with Crippen LogP contribution in [-0.4, -0.2) is 29.8 Å². The number of ether oxygens (including phenoxy) is 1. The van der Waals surface area contributed by atoms with Crippen molar-refractivity contribution in [3.63, 3.8) is 0 Å². The van der Waals surface area contributed by atoms with Crippen molar-refractivity contribution in [2.75, 3.05) is 13.7 Å². The molecule has 1 aromatic carbocycles. The van der Waals surface area contributed by atoms with Gasteiger partial charge >= 0.3 is 5.97 Å². The molecule has 0 spiro atoms. The summed E-state index contributed by atoms with van der Waals surface area (Å²) >= 11 is 0. The van der Waals surface area contributed by atoms with Crippen LogP contribution in [0.1, 0.15) is 28.7 Å². The SMILES string of the molecule is COC(=O)c1ccc(CNC(C)(CO)c2ccccc2)[nH]1. The van der Waals surface area contributed by atoms with Gasteiger partial charge in [-0.2, -0.15) is 0 Å². The molecule has 0 aliphatic carbocycles. The molecule has 0 aliphatic rings. The van der Waals surface area contributed by atoms with E-state index in [4.69, 9.17) is 0 Å². The Morgan fingerprint density at radius 3 is 2.62 bits per heavy atom. The molecule has 1 unspecified atom stereocenters. The van der Waals surface area contributed by atoms with Crippen molar-refractivity contribution < 1.29 is 14.6 Å². The molecule has 0 radical (unpaired) electrons. The van der Waals surface area contributed by atoms with Crippen LogP contribution in [-0.2, 0) is 16.8 Å². The van der Waals surface area contributed by atoms with Crippen molar-refractivity contribution in [2.24, 2.45) is 0 Å². The van der Waals surface area contributed by atoms with Gasteiger partial charge in [0, 0.05) is 12.2 Å². The molecule has 2 aromatic rings. The van der Waals surface area contributed by atoms with E-state index >= 15 is 0 Å². The number of nitrogens with one attached hydrogen (secondary N) is 2. The van der Waals surface area contributed by atoms with Crippen molar-refractivity contribution in [2.45, 2.75) is 19.0 Å². The molecule has 2 rings (SSSR count). The molecule has 3 N–H and O–H groups in total. The number of aliphatic hydroxyl groups is 1. The molecular formula is C16H20N2O3. The van der Waals surface area contributed by atoms with Crippen molar-refractivity contribution >= 4 is 5.97 Å². The third-order valence-corrected chi connectivity index (χ3v) is 3.55. The van der Waals surface area contributed by atoms with Gasteiger partial charge < -0.3 is 20.1 Å². The lowest BCUT2D eigenvalue weighted by Gasteiger charge is -2.29. The number of methoxy groups -OCH3 is 1. The van der Waals surface area contributed by atoms with Crippen LogP contribution in [0.5, 0.6) is 0 Å². The van der Waals surface area contributed by atoms with Crippen molar-refractivity contribution in [1.29, 1.82) is 0 Å². The maximum Gasteiger partial charge on any atom is 0.354 e. The first-order valence-electron chi connectivity index (χ1n) is 6.76. The van der Waals surface area contributed by atoms with Gasteiger partial charge in [0.1, 0.15) is 5.69 Å². The average molecular weight is 288 g/mol. The molecule has 112 valence electrons. The second-order valence-corrected chi connectivity index (χ2v) is 5.10. The van der Waals surface area contributed by atoms with E-state index in [0.29, 0.717) is 12.2 Å². The van der Waals surface area contributed by atoms with E-state index in [9.17, 15) is 9.90 Å². The maximum atomic E-state index is 11.4. The number of hydrogen-bond acceptors (Lipinski definition) is 4. The molecule has 0 saturated carbocycles. The summed E-state index contributed by atoms with van der Waals surface area (Å²) in [6.45, 7) is 2.41. The molecule has 0 amide bonds. The highest BCUT2D eigenvalue weighted by molar-refractivity contribution is 5.87. The zero-order valence-electron chi connectivity index (χ0n) is 12.2. The van der Waals surface area contributed by atoms with Crippen LogP contribution in [0, 0.1) is 0 Å². The summed E-state index contributed by atoms with van der Waals surface area (Å²) < 4.78 is 4.65. The zero-order valence-corrected chi connectivity index (χ0v) is 12.2. The fourth-order valence-electron chi connectivity index (χ4n) is 2.12. The lowest BCUT2D eigenvalue weighted by Crippen LogP contribution is -2.42. The Bertz CT molecular complexity index is 595. The Hall–Kier alpha value is -2.11. The number of aromatic nitrogens is 1. The molecule has 0 bridgehead atoms. The predicted octanol–water partition coefficient (Wildman–Crippen LogP) is 1.80. The highest BCUT2D eigenvalue weighted by Gasteiger charge is 2.25. The van der Waals surface area contributed by atoms with Crippen LogP contribution >= 0.6 is 0 Å². The topological polar surface area (TPSA) is 74.3 Å². The molecule has 1 heterocycles. The number of esters is 1. The Morgan fingerprint density at radius 1 is 1.29 bits per heavy atom. The highest BCUT2D eigenvalue weighted by Crippen LogP contribution is 2.20. The Morgan fingerprint density at radius 2 is 2.00 bits per heavy atom. The van der Waals surface area contributed by atoms with Crippen LogP contribution in [0.4, 0.5) is 0 Å². The number of hydrogen-bond donors (Lipinski definition) is 3. The monoisotopic (exact) mass is 288 g/mol. The van der Waals surface area contributed by atoms with E-state index in [1.54, 1.807) is 6.07 Å². The molecule has 0 fully saturated rings. The number of benzene rings is 1. The van der Waals surface area contributed by atoms with Crippen molar-refractivity contribution in [3.05, 3.63) is 59.4 Å². The molecule has 0 saturated heterocycles. The fourth-order valence-corrected chi connectivity index (χ4v) is 2.12. The highest BCUT2D eigenvalue weighted by atomic mass is 16.5. The van der Waals surface area contributed by atoms with Gasteiger partial charge in [-0.3, -0.25) is 0 Å². The first-order valence-corrected chi connectivity index (χ1v) is 6.76. The summed E-state index contributed by atoms with van der Waals surface area (Å²) in [4.78, 5) is 14.4. The number of H-pyrrole nitrogens is 1. The molecule has 1 aromatic heterocycles. The second-order valence-electron chi connectivity index (χ2n) is 5.10. The minimum Gasteiger partial charge on any atom is -0.464 e. The third kappa shape index (κ3) is 3.51. The summed E-state index contributed by atoms with van der Waals surface area (Å²) in [5.41, 5.74) is 1.73. The second kappa shape index (κ2) is 6.56. The predicted molar refractivity (Wildman–Crippen MR) is 79.9 cm³/mol. The third-order valence-electron chi connectivity index (χ3n) is 3.55. The van der Waals surface area contributed by atoms with Gasteiger partial charge in [-0.25, -0.2) is 4.79 Å². The van der Waals surface area contributed by atoms with E-state index in [2.05, 4.69) is 15.0 Å². The van der Waals surface area contributed by atoms with Gasteiger partial charge in [-0.05, 0) is 24.6 Å². The van der Waals surface area contributed by atoms with Crippen LogP contribution < -0.4 is 5.32 Å². The summed E-state index contributed by atoms with van der Waals surface area (Å²) in [5.74, 6) is -0.394. The molecule has 5 heteroatoms. The van der Waals surface area contributed by atoms with E-state index in [1.165, 1.54) is 7.11 Å². The Balaban J connectivity index is 2.07. The maximum absolute atomic E-state index is 11.4. The summed E-state index contributed by atoms with van der Waals surface area (Å²) in [6, 6.07) is 13.3. The van der Waals surface area contributed by atoms with E-state index < -0.39 is 11.5 Å². The van der Waals surface area contributed by atoms with Gasteiger partial charge in [0.05, 0.1) is 19.3 Å². The first-order chi connectivity index (χ1) is 10.1. The molecule has 0 aliphatic heterocycles. The van der Waals surface area contributed by atoms with Crippen LogP contribution in [0.3, 0.4) is 0 Å². The average Bonchev–Trinajstić information content (AvgIpc) is 3.01. The number of carbonyl (C=O) groups excluding carboxylic acids is 1. The lowest BCUT2D eigenvalue weighted by molar-refractivity contribution is 0.0594. The normalized spacial score (nSPS) is 13.7. The van der Waals surface area contributed by atoms with E-state index in [1.807, 2.05) is 43.3 Å². The van der Waals surface area contributed by atoms with Crippen molar-refractivity contribution in [3.8, 4) is 0 Å². The molecule has 1 atom stereocenters. The summed E-state index contributed by atoms with van der Waals surface area (Å²) in [6.07, 6.45) is 0. The van der Waals surface area contributed by atoms with E-state index in [0.717, 1.165) is 11.3 Å². The quantitative estimate of drug-likeness (QED) is 0.709.